The Bertz CT molecular complexity index is 724. The predicted octanol–water partition coefficient (Wildman–Crippen LogP) is 0.153. The number of carbonyl (C=O) groups is 1. The van der Waals surface area contributed by atoms with Crippen LogP contribution in [-0.2, 0) is 11.3 Å². The Balaban J connectivity index is 2.49. The predicted molar refractivity (Wildman–Crippen MR) is 81.9 cm³/mol. The normalized spacial score (nSPS) is 12.3. The lowest BCUT2D eigenvalue weighted by Crippen LogP contribution is -2.37. The third-order valence-electron chi connectivity index (χ3n) is 3.14. The summed E-state index contributed by atoms with van der Waals surface area (Å²) in [5, 5.41) is 12.3. The van der Waals surface area contributed by atoms with Crippen LogP contribution in [0, 0.1) is 0 Å². The zero-order valence-corrected chi connectivity index (χ0v) is 12.6. The maximum atomic E-state index is 12.5. The molecule has 0 aliphatic rings. The van der Waals surface area contributed by atoms with Crippen LogP contribution in [0.15, 0.2) is 29.1 Å². The Morgan fingerprint density at radius 1 is 1.45 bits per heavy atom. The molecule has 1 atom stereocenters. The topological polar surface area (TPSA) is 93.4 Å². The molecule has 22 heavy (non-hydrogen) atoms. The average molecular weight is 305 g/mol. The van der Waals surface area contributed by atoms with Gasteiger partial charge in [-0.3, -0.25) is 14.2 Å². The van der Waals surface area contributed by atoms with E-state index in [0.29, 0.717) is 10.9 Å². The number of aromatic nitrogens is 2. The van der Waals surface area contributed by atoms with Crippen LogP contribution in [0.2, 0.25) is 0 Å². The molecule has 1 aromatic heterocycles. The second kappa shape index (κ2) is 7.15. The Morgan fingerprint density at radius 3 is 2.86 bits per heavy atom. The molecule has 1 aromatic carbocycles. The van der Waals surface area contributed by atoms with Gasteiger partial charge >= 0.3 is 0 Å². The van der Waals surface area contributed by atoms with Crippen molar-refractivity contribution >= 4 is 16.8 Å². The van der Waals surface area contributed by atoms with Crippen LogP contribution in [0.4, 0.5) is 0 Å². The summed E-state index contributed by atoms with van der Waals surface area (Å²) in [5.74, 6) is -0.485. The largest absolute Gasteiger partial charge is 0.392 e. The Labute approximate surface area is 127 Å². The monoisotopic (exact) mass is 305 g/mol. The fraction of sp³-hybridized carbons (Fsp3) is 0.400. The lowest BCUT2D eigenvalue weighted by molar-refractivity contribution is 0.0904. The van der Waals surface area contributed by atoms with Crippen molar-refractivity contribution in [1.29, 1.82) is 0 Å². The first-order chi connectivity index (χ1) is 10.5. The molecule has 1 amide bonds. The number of amides is 1. The second-order valence-electron chi connectivity index (χ2n) is 4.96. The van der Waals surface area contributed by atoms with E-state index in [0.717, 1.165) is 0 Å². The van der Waals surface area contributed by atoms with Gasteiger partial charge in [-0.25, -0.2) is 4.98 Å². The molecular formula is C15H19N3O4. The molecule has 0 fully saturated rings. The van der Waals surface area contributed by atoms with E-state index in [4.69, 9.17) is 4.74 Å². The molecule has 0 saturated carbocycles. The van der Waals surface area contributed by atoms with Crippen LogP contribution < -0.4 is 10.9 Å². The van der Waals surface area contributed by atoms with Gasteiger partial charge in [0.05, 0.1) is 30.2 Å². The smallest absolute Gasteiger partial charge is 0.287 e. The average Bonchev–Trinajstić information content (AvgIpc) is 2.51. The van der Waals surface area contributed by atoms with Crippen molar-refractivity contribution in [2.45, 2.75) is 19.6 Å². The molecule has 2 N–H and O–H groups in total. The molecule has 0 radical (unpaired) electrons. The number of para-hydroxylation sites is 1. The summed E-state index contributed by atoms with van der Waals surface area (Å²) in [6.45, 7) is 2.17. The van der Waals surface area contributed by atoms with E-state index in [-0.39, 0.29) is 31.1 Å². The highest BCUT2D eigenvalue weighted by atomic mass is 16.5. The molecule has 2 aromatic rings. The second-order valence-corrected chi connectivity index (χ2v) is 4.96. The summed E-state index contributed by atoms with van der Waals surface area (Å²) in [7, 11) is 1.52. The Morgan fingerprint density at radius 2 is 2.18 bits per heavy atom. The summed E-state index contributed by atoms with van der Waals surface area (Å²) in [6.07, 6.45) is -0.677. The molecule has 0 unspecified atom stereocenters. The Kier molecular flexibility index (Phi) is 5.24. The number of hydrogen-bond acceptors (Lipinski definition) is 5. The van der Waals surface area contributed by atoms with Crippen molar-refractivity contribution in [2.24, 2.45) is 0 Å². The number of aliphatic hydroxyl groups is 1. The third-order valence-corrected chi connectivity index (χ3v) is 3.14. The molecule has 118 valence electrons. The van der Waals surface area contributed by atoms with Crippen molar-refractivity contribution in [3.63, 3.8) is 0 Å². The number of ether oxygens (including phenoxy) is 1. The first-order valence-electron chi connectivity index (χ1n) is 6.99. The highest BCUT2D eigenvalue weighted by Gasteiger charge is 2.17. The molecule has 7 nitrogen and oxygen atoms in total. The number of nitrogens with zero attached hydrogens (tertiary/aromatic N) is 2. The van der Waals surface area contributed by atoms with Crippen LogP contribution >= 0.6 is 0 Å². The van der Waals surface area contributed by atoms with Crippen LogP contribution in [0.5, 0.6) is 0 Å². The van der Waals surface area contributed by atoms with Crippen LogP contribution in [0.3, 0.4) is 0 Å². The van der Waals surface area contributed by atoms with Gasteiger partial charge in [0, 0.05) is 13.7 Å². The van der Waals surface area contributed by atoms with Gasteiger partial charge < -0.3 is 15.2 Å². The van der Waals surface area contributed by atoms with Crippen LogP contribution in [0.1, 0.15) is 17.5 Å². The highest BCUT2D eigenvalue weighted by molar-refractivity contribution is 5.93. The van der Waals surface area contributed by atoms with Gasteiger partial charge in [-0.2, -0.15) is 0 Å². The van der Waals surface area contributed by atoms with E-state index in [2.05, 4.69) is 10.3 Å². The van der Waals surface area contributed by atoms with Gasteiger partial charge in [0.1, 0.15) is 0 Å². The number of methoxy groups -OCH3 is 1. The van der Waals surface area contributed by atoms with E-state index < -0.39 is 12.0 Å². The molecule has 0 saturated heterocycles. The quantitative estimate of drug-likeness (QED) is 0.792. The van der Waals surface area contributed by atoms with E-state index in [9.17, 15) is 14.7 Å². The Hall–Kier alpha value is -2.25. The van der Waals surface area contributed by atoms with Crippen LogP contribution in [-0.4, -0.2) is 46.9 Å². The van der Waals surface area contributed by atoms with Gasteiger partial charge in [0.15, 0.2) is 0 Å². The minimum absolute atomic E-state index is 0.0152. The summed E-state index contributed by atoms with van der Waals surface area (Å²) in [4.78, 5) is 29.1. The molecule has 0 spiro atoms. The van der Waals surface area contributed by atoms with E-state index in [1.165, 1.54) is 11.7 Å². The van der Waals surface area contributed by atoms with E-state index in [1.54, 1.807) is 31.2 Å². The van der Waals surface area contributed by atoms with E-state index >= 15 is 0 Å². The van der Waals surface area contributed by atoms with Crippen LogP contribution in [0.25, 0.3) is 10.9 Å². The maximum Gasteiger partial charge on any atom is 0.287 e. The fourth-order valence-electron chi connectivity index (χ4n) is 2.05. The molecule has 7 heteroatoms. The highest BCUT2D eigenvalue weighted by Crippen LogP contribution is 2.08. The molecule has 0 aliphatic heterocycles. The maximum absolute atomic E-state index is 12.5. The lowest BCUT2D eigenvalue weighted by Gasteiger charge is -2.13. The van der Waals surface area contributed by atoms with E-state index in [1.807, 2.05) is 0 Å². The number of hydrogen-bond donors (Lipinski definition) is 2. The molecule has 0 aliphatic carbocycles. The summed E-state index contributed by atoms with van der Waals surface area (Å²) < 4.78 is 6.28. The zero-order chi connectivity index (χ0) is 16.1. The van der Waals surface area contributed by atoms with Crippen molar-refractivity contribution < 1.29 is 14.6 Å². The van der Waals surface area contributed by atoms with Gasteiger partial charge in [-0.05, 0) is 19.1 Å². The molecule has 2 rings (SSSR count). The number of nitrogens with one attached hydrogen (secondary N) is 1. The minimum atomic E-state index is -0.677. The summed E-state index contributed by atoms with van der Waals surface area (Å²) in [5.41, 5.74) is 0.174. The van der Waals surface area contributed by atoms with Gasteiger partial charge in [0.25, 0.3) is 11.5 Å². The first kappa shape index (κ1) is 16.1. The van der Waals surface area contributed by atoms with Crippen molar-refractivity contribution in [2.75, 3.05) is 20.3 Å². The number of fused-ring (bicyclic) bond motifs is 1. The van der Waals surface area contributed by atoms with Crippen molar-refractivity contribution in [3.8, 4) is 0 Å². The molecule has 1 heterocycles. The van der Waals surface area contributed by atoms with Gasteiger partial charge in [0.2, 0.25) is 5.82 Å². The number of benzene rings is 1. The third kappa shape index (κ3) is 3.49. The number of carbonyl (C=O) groups excluding carboxylic acids is 1. The molecular weight excluding hydrogens is 286 g/mol. The van der Waals surface area contributed by atoms with Crippen molar-refractivity contribution in [3.05, 3.63) is 40.4 Å². The summed E-state index contributed by atoms with van der Waals surface area (Å²) >= 11 is 0. The standard InChI is InChI=1S/C15H19N3O4/c1-10(19)9-16-14(20)13-17-12-6-4-3-5-11(12)15(21)18(13)7-8-22-2/h3-6,10,19H,7-9H2,1-2H3,(H,16,20)/t10-/m1/s1. The number of rotatable bonds is 6. The first-order valence-corrected chi connectivity index (χ1v) is 6.99. The minimum Gasteiger partial charge on any atom is -0.392 e. The lowest BCUT2D eigenvalue weighted by atomic mass is 10.2. The van der Waals surface area contributed by atoms with Gasteiger partial charge in [-0.15, -0.1) is 0 Å². The fourth-order valence-corrected chi connectivity index (χ4v) is 2.05. The SMILES string of the molecule is COCCn1c(C(=O)NC[C@@H](C)O)nc2ccccc2c1=O. The van der Waals surface area contributed by atoms with Gasteiger partial charge in [-0.1, -0.05) is 12.1 Å². The zero-order valence-electron chi connectivity index (χ0n) is 12.6. The summed E-state index contributed by atoms with van der Waals surface area (Å²) in [6, 6.07) is 6.86. The van der Waals surface area contributed by atoms with Crippen molar-refractivity contribution in [1.82, 2.24) is 14.9 Å². The molecule has 0 bridgehead atoms. The number of aliphatic hydroxyl groups excluding tert-OH is 1.